The molecule has 7 nitrogen and oxygen atoms in total. The Morgan fingerprint density at radius 2 is 2.12 bits per heavy atom. The first-order chi connectivity index (χ1) is 15.3. The maximum atomic E-state index is 13.5. The van der Waals surface area contributed by atoms with Crippen LogP contribution in [0.15, 0.2) is 36.5 Å². The third-order valence-corrected chi connectivity index (χ3v) is 6.59. The first-order valence-electron chi connectivity index (χ1n) is 11.4. The van der Waals surface area contributed by atoms with Crippen molar-refractivity contribution in [2.75, 3.05) is 50.1 Å². The van der Waals surface area contributed by atoms with Gasteiger partial charge in [-0.15, -0.1) is 0 Å². The van der Waals surface area contributed by atoms with Crippen molar-refractivity contribution in [2.45, 2.75) is 45.2 Å². The number of pyridine rings is 1. The SMILES string of the molecule is COC[C@H]1CN[C@H](C)CN1CC(=O)N1CC(C)(C)c2cnc(Nc3ccccc3C)cc21. The second-order valence-electron chi connectivity index (χ2n) is 9.74. The molecule has 2 aromatic rings. The fourth-order valence-corrected chi connectivity index (χ4v) is 4.74. The average Bonchev–Trinajstić information content (AvgIpc) is 3.02. The number of rotatable bonds is 6. The number of fused-ring (bicyclic) bond motifs is 1. The number of aryl methyl sites for hydroxylation is 1. The zero-order valence-corrected chi connectivity index (χ0v) is 19.8. The quantitative estimate of drug-likeness (QED) is 0.724. The number of piperazine rings is 1. The van der Waals surface area contributed by atoms with Crippen LogP contribution in [0.1, 0.15) is 31.9 Å². The Kier molecular flexibility index (Phi) is 6.51. The van der Waals surface area contributed by atoms with Crippen molar-refractivity contribution in [3.05, 3.63) is 47.7 Å². The highest BCUT2D eigenvalue weighted by Gasteiger charge is 2.39. The van der Waals surface area contributed by atoms with E-state index in [1.54, 1.807) is 7.11 Å². The van der Waals surface area contributed by atoms with Gasteiger partial charge in [-0.3, -0.25) is 9.69 Å². The minimum absolute atomic E-state index is 0.125. The first-order valence-corrected chi connectivity index (χ1v) is 11.4. The highest BCUT2D eigenvalue weighted by atomic mass is 16.5. The molecular weight excluding hydrogens is 402 g/mol. The van der Waals surface area contributed by atoms with Gasteiger partial charge in [0.05, 0.1) is 18.8 Å². The van der Waals surface area contributed by atoms with Crippen LogP contribution in [-0.2, 0) is 14.9 Å². The highest BCUT2D eigenvalue weighted by molar-refractivity contribution is 5.98. The molecule has 0 spiro atoms. The number of hydrogen-bond donors (Lipinski definition) is 2. The molecule has 0 radical (unpaired) electrons. The Bertz CT molecular complexity index is 977. The monoisotopic (exact) mass is 437 g/mol. The number of amides is 1. The highest BCUT2D eigenvalue weighted by Crippen LogP contribution is 2.41. The summed E-state index contributed by atoms with van der Waals surface area (Å²) >= 11 is 0. The Morgan fingerprint density at radius 1 is 1.34 bits per heavy atom. The van der Waals surface area contributed by atoms with Crippen molar-refractivity contribution in [2.24, 2.45) is 0 Å². The summed E-state index contributed by atoms with van der Waals surface area (Å²) in [4.78, 5) is 22.4. The lowest BCUT2D eigenvalue weighted by molar-refractivity contribution is -0.121. The number of aromatic nitrogens is 1. The summed E-state index contributed by atoms with van der Waals surface area (Å²) in [6.07, 6.45) is 1.92. The number of nitrogens with one attached hydrogen (secondary N) is 2. The van der Waals surface area contributed by atoms with Crippen molar-refractivity contribution in [3.63, 3.8) is 0 Å². The van der Waals surface area contributed by atoms with Crippen molar-refractivity contribution in [1.82, 2.24) is 15.2 Å². The van der Waals surface area contributed by atoms with Crippen LogP contribution in [0.25, 0.3) is 0 Å². The lowest BCUT2D eigenvalue weighted by Crippen LogP contribution is -2.59. The molecule has 0 bridgehead atoms. The minimum atomic E-state index is -0.137. The van der Waals surface area contributed by atoms with Crippen LogP contribution >= 0.6 is 0 Å². The molecule has 7 heteroatoms. The number of benzene rings is 1. The molecule has 2 N–H and O–H groups in total. The van der Waals surface area contributed by atoms with Gasteiger partial charge in [0.25, 0.3) is 0 Å². The molecule has 0 aliphatic carbocycles. The second-order valence-corrected chi connectivity index (χ2v) is 9.74. The van der Waals surface area contributed by atoms with Gasteiger partial charge in [-0.25, -0.2) is 4.98 Å². The lowest BCUT2D eigenvalue weighted by Gasteiger charge is -2.39. The van der Waals surface area contributed by atoms with E-state index in [1.165, 1.54) is 0 Å². The molecule has 32 heavy (non-hydrogen) atoms. The smallest absolute Gasteiger partial charge is 0.241 e. The average molecular weight is 438 g/mol. The molecule has 0 unspecified atom stereocenters. The molecule has 2 aliphatic heterocycles. The van der Waals surface area contributed by atoms with Crippen molar-refractivity contribution >= 4 is 23.1 Å². The Hall–Kier alpha value is -2.48. The van der Waals surface area contributed by atoms with Gasteiger partial charge >= 0.3 is 0 Å². The van der Waals surface area contributed by atoms with Crippen LogP contribution in [0, 0.1) is 6.92 Å². The summed E-state index contributed by atoms with van der Waals surface area (Å²) in [6.45, 7) is 11.9. The summed E-state index contributed by atoms with van der Waals surface area (Å²) in [5, 5.41) is 6.91. The van der Waals surface area contributed by atoms with Gasteiger partial charge in [0.15, 0.2) is 0 Å². The molecule has 1 aromatic carbocycles. The van der Waals surface area contributed by atoms with E-state index in [9.17, 15) is 4.79 Å². The molecule has 1 aromatic heterocycles. The van der Waals surface area contributed by atoms with Crippen molar-refractivity contribution < 1.29 is 9.53 Å². The summed E-state index contributed by atoms with van der Waals surface area (Å²) in [7, 11) is 1.72. The van der Waals surface area contributed by atoms with Gasteiger partial charge in [0, 0.05) is 67.8 Å². The number of ether oxygens (including phenoxy) is 1. The van der Waals surface area contributed by atoms with Crippen LogP contribution in [0.3, 0.4) is 0 Å². The zero-order valence-electron chi connectivity index (χ0n) is 19.8. The molecular formula is C25H35N5O2. The predicted octanol–water partition coefficient (Wildman–Crippen LogP) is 3.07. The van der Waals surface area contributed by atoms with Crippen LogP contribution in [0.4, 0.5) is 17.2 Å². The number of para-hydroxylation sites is 1. The molecule has 172 valence electrons. The van der Waals surface area contributed by atoms with E-state index in [2.05, 4.69) is 54.3 Å². The molecule has 3 heterocycles. The van der Waals surface area contributed by atoms with E-state index < -0.39 is 0 Å². The fraction of sp³-hybridized carbons (Fsp3) is 0.520. The molecule has 1 fully saturated rings. The van der Waals surface area contributed by atoms with Gasteiger partial charge in [-0.05, 0) is 25.5 Å². The molecule has 2 atom stereocenters. The maximum absolute atomic E-state index is 13.5. The summed E-state index contributed by atoms with van der Waals surface area (Å²) in [5.41, 5.74) is 4.11. The number of hydrogen-bond acceptors (Lipinski definition) is 6. The number of anilines is 3. The molecule has 2 aliphatic rings. The maximum Gasteiger partial charge on any atom is 0.241 e. The third kappa shape index (κ3) is 4.65. The van der Waals surface area contributed by atoms with Gasteiger partial charge in [0.2, 0.25) is 5.91 Å². The van der Waals surface area contributed by atoms with Gasteiger partial charge in [-0.1, -0.05) is 32.0 Å². The second kappa shape index (κ2) is 9.17. The molecule has 1 saturated heterocycles. The standard InChI is InChI=1S/C25H35N5O2/c1-17-8-6-7-9-21(17)28-23-10-22-20(12-27-23)25(3,4)16-30(22)24(31)14-29-13-18(2)26-11-19(29)15-32-5/h6-10,12,18-19,26H,11,13-16H2,1-5H3,(H,27,28)/t18-,19-/m1/s1. The van der Waals surface area contributed by atoms with E-state index in [1.807, 2.05) is 35.4 Å². The molecule has 4 rings (SSSR count). The number of carbonyl (C=O) groups excluding carboxylic acids is 1. The number of methoxy groups -OCH3 is 1. The normalized spacial score (nSPS) is 22.6. The van der Waals surface area contributed by atoms with Crippen LogP contribution in [0.5, 0.6) is 0 Å². The predicted molar refractivity (Wildman–Crippen MR) is 129 cm³/mol. The van der Waals surface area contributed by atoms with Crippen molar-refractivity contribution in [3.8, 4) is 0 Å². The first kappa shape index (κ1) is 22.7. The number of carbonyl (C=O) groups is 1. The third-order valence-electron chi connectivity index (χ3n) is 6.59. The Morgan fingerprint density at radius 3 is 2.88 bits per heavy atom. The van der Waals surface area contributed by atoms with Crippen LogP contribution in [-0.4, -0.2) is 67.8 Å². The molecule has 1 amide bonds. The van der Waals surface area contributed by atoms with Crippen molar-refractivity contribution in [1.29, 1.82) is 0 Å². The minimum Gasteiger partial charge on any atom is -0.383 e. The lowest BCUT2D eigenvalue weighted by atomic mass is 9.88. The van der Waals surface area contributed by atoms with E-state index in [0.29, 0.717) is 25.7 Å². The summed E-state index contributed by atoms with van der Waals surface area (Å²) in [6, 6.07) is 10.7. The summed E-state index contributed by atoms with van der Waals surface area (Å²) in [5.74, 6) is 0.877. The fourth-order valence-electron chi connectivity index (χ4n) is 4.74. The van der Waals surface area contributed by atoms with Gasteiger partial charge < -0.3 is 20.3 Å². The van der Waals surface area contributed by atoms with E-state index in [-0.39, 0.29) is 17.4 Å². The Balaban J connectivity index is 1.57. The zero-order chi connectivity index (χ0) is 22.9. The van der Waals surface area contributed by atoms with E-state index in [0.717, 1.165) is 41.4 Å². The van der Waals surface area contributed by atoms with E-state index in [4.69, 9.17) is 4.74 Å². The van der Waals surface area contributed by atoms with Gasteiger partial charge in [0.1, 0.15) is 5.82 Å². The van der Waals surface area contributed by atoms with Gasteiger partial charge in [-0.2, -0.15) is 0 Å². The topological polar surface area (TPSA) is 69.7 Å². The van der Waals surface area contributed by atoms with Crippen LogP contribution in [0.2, 0.25) is 0 Å². The van der Waals surface area contributed by atoms with Crippen LogP contribution < -0.4 is 15.5 Å². The largest absolute Gasteiger partial charge is 0.383 e. The molecule has 0 saturated carbocycles. The summed E-state index contributed by atoms with van der Waals surface area (Å²) < 4.78 is 5.40. The van der Waals surface area contributed by atoms with E-state index >= 15 is 0 Å². The number of nitrogens with zero attached hydrogens (tertiary/aromatic N) is 3. The Labute approximate surface area is 191 Å².